The van der Waals surface area contributed by atoms with Gasteiger partial charge in [0.05, 0.1) is 0 Å². The Morgan fingerprint density at radius 3 is 1.21 bits per heavy atom. The van der Waals surface area contributed by atoms with Gasteiger partial charge in [-0.25, -0.2) is 0 Å². The first-order valence-corrected chi connectivity index (χ1v) is 24.7. The quantitative estimate of drug-likeness (QED) is 0.155. The molecule has 0 heterocycles. The summed E-state index contributed by atoms with van der Waals surface area (Å²) < 4.78 is 0. The van der Waals surface area contributed by atoms with Gasteiger partial charge < -0.3 is 0 Å². The van der Waals surface area contributed by atoms with Crippen LogP contribution in [0.15, 0.2) is 170 Å². The first-order chi connectivity index (χ1) is 32.3. The molecule has 0 heteroatoms. The Hall–Kier alpha value is -6.76. The zero-order valence-electron chi connectivity index (χ0n) is 42.2. The van der Waals surface area contributed by atoms with Gasteiger partial charge in [0.2, 0.25) is 0 Å². The normalized spacial score (nSPS) is 13.0. The molecule has 1 aliphatic rings. The molecule has 0 N–H and O–H groups in total. The Bertz CT molecular complexity index is 3600. The number of hydrogen-bond acceptors (Lipinski definition) is 0. The fourth-order valence-corrected chi connectivity index (χ4v) is 11.0. The minimum atomic E-state index is -0.0601. The van der Waals surface area contributed by atoms with Crippen molar-refractivity contribution >= 4 is 43.1 Å². The molecule has 0 saturated heterocycles. The van der Waals surface area contributed by atoms with Gasteiger partial charge in [0.15, 0.2) is 0 Å². The maximum Gasteiger partial charge on any atom is -0.000718 e. The van der Waals surface area contributed by atoms with E-state index < -0.39 is 0 Å². The zero-order chi connectivity index (χ0) is 47.7. The summed E-state index contributed by atoms with van der Waals surface area (Å²) in [6.07, 6.45) is 0. The molecule has 0 bridgehead atoms. The molecule has 336 valence electrons. The number of fused-ring (bicyclic) bond motifs is 8. The van der Waals surface area contributed by atoms with Crippen molar-refractivity contribution in [3.05, 3.63) is 192 Å². The number of rotatable bonds is 4. The van der Waals surface area contributed by atoms with E-state index in [-0.39, 0.29) is 21.7 Å². The van der Waals surface area contributed by atoms with Gasteiger partial charge in [-0.15, -0.1) is 0 Å². The molecule has 0 aliphatic heterocycles. The van der Waals surface area contributed by atoms with Crippen molar-refractivity contribution < 1.29 is 0 Å². The third-order valence-electron chi connectivity index (χ3n) is 14.9. The third kappa shape index (κ3) is 7.18. The van der Waals surface area contributed by atoms with E-state index in [2.05, 4.69) is 253 Å². The van der Waals surface area contributed by atoms with Crippen molar-refractivity contribution in [2.45, 2.75) is 105 Å². The standard InChI is InChI=1S/C68H64/c1-65(2,3)46-32-44(33-47(37-46)66(4,5)6)60-53-31-30-43(41-22-15-13-16-23-41)36-58(53)61(45-34-48(67(7,8)9)38-49(35-45)68(10,11)12)64-59-40-56-51-27-20-19-26-50(51)55(42-24-17-14-18-25-42)39-57(56)52-28-21-29-54(62(52)59)63(60)64/h13-40H,1-12H3. The van der Waals surface area contributed by atoms with E-state index in [0.29, 0.717) is 0 Å². The van der Waals surface area contributed by atoms with Gasteiger partial charge in [-0.2, -0.15) is 0 Å². The maximum absolute atomic E-state index is 2.58. The lowest BCUT2D eigenvalue weighted by Crippen LogP contribution is -2.17. The summed E-state index contributed by atoms with van der Waals surface area (Å²) in [5, 5.41) is 10.4. The van der Waals surface area contributed by atoms with Crippen LogP contribution in [0, 0.1) is 0 Å². The van der Waals surface area contributed by atoms with Gasteiger partial charge in [-0.1, -0.05) is 235 Å². The Balaban J connectivity index is 1.39. The number of hydrogen-bond donors (Lipinski definition) is 0. The van der Waals surface area contributed by atoms with E-state index in [4.69, 9.17) is 0 Å². The monoisotopic (exact) mass is 881 g/mol. The average molecular weight is 881 g/mol. The summed E-state index contributed by atoms with van der Waals surface area (Å²) in [6.45, 7) is 28.4. The average Bonchev–Trinajstić information content (AvgIpc) is 3.63. The van der Waals surface area contributed by atoms with Gasteiger partial charge in [0.1, 0.15) is 0 Å². The van der Waals surface area contributed by atoms with E-state index in [1.54, 1.807) is 0 Å². The third-order valence-corrected chi connectivity index (χ3v) is 14.9. The molecule has 68 heavy (non-hydrogen) atoms. The molecular formula is C68H64. The van der Waals surface area contributed by atoms with Gasteiger partial charge in [-0.3, -0.25) is 0 Å². The highest BCUT2D eigenvalue weighted by molar-refractivity contribution is 6.33. The SMILES string of the molecule is CC(C)(C)c1cc(-c2c3c(c(-c4cc(C(C)(C)C)cc(C(C)(C)C)c4)c4cc(-c5ccccc5)ccc24)-c2cc4c5ccccc5c(-c5ccccc5)cc4c4cccc-3c24)cc(C(C)(C)C)c1. The van der Waals surface area contributed by atoms with Gasteiger partial charge in [0.25, 0.3) is 0 Å². The van der Waals surface area contributed by atoms with Crippen LogP contribution in [0.5, 0.6) is 0 Å². The second-order valence-corrected chi connectivity index (χ2v) is 23.8. The number of benzene rings is 10. The predicted octanol–water partition coefficient (Wildman–Crippen LogP) is 19.8. The Morgan fingerprint density at radius 2 is 0.662 bits per heavy atom. The van der Waals surface area contributed by atoms with Crippen LogP contribution in [0.3, 0.4) is 0 Å². The molecule has 0 radical (unpaired) electrons. The van der Waals surface area contributed by atoms with Gasteiger partial charge in [0, 0.05) is 0 Å². The van der Waals surface area contributed by atoms with E-state index in [1.165, 1.54) is 132 Å². The maximum atomic E-state index is 2.58. The lowest BCUT2D eigenvalue weighted by atomic mass is 9.75. The van der Waals surface area contributed by atoms with Crippen LogP contribution < -0.4 is 0 Å². The highest BCUT2D eigenvalue weighted by Crippen LogP contribution is 2.60. The zero-order valence-corrected chi connectivity index (χ0v) is 42.2. The molecule has 0 unspecified atom stereocenters. The van der Waals surface area contributed by atoms with E-state index in [0.717, 1.165) is 0 Å². The van der Waals surface area contributed by atoms with Crippen molar-refractivity contribution in [1.29, 1.82) is 0 Å². The molecule has 0 amide bonds. The lowest BCUT2D eigenvalue weighted by Gasteiger charge is -2.29. The molecule has 0 fully saturated rings. The van der Waals surface area contributed by atoms with E-state index in [1.807, 2.05) is 0 Å². The van der Waals surface area contributed by atoms with Crippen molar-refractivity contribution in [1.82, 2.24) is 0 Å². The first-order valence-electron chi connectivity index (χ1n) is 24.7. The van der Waals surface area contributed by atoms with Crippen LogP contribution in [-0.2, 0) is 21.7 Å². The van der Waals surface area contributed by atoms with Crippen LogP contribution in [0.1, 0.15) is 105 Å². The van der Waals surface area contributed by atoms with Crippen molar-refractivity contribution in [2.24, 2.45) is 0 Å². The van der Waals surface area contributed by atoms with E-state index in [9.17, 15) is 0 Å². The molecule has 0 spiro atoms. The molecule has 10 aromatic carbocycles. The largest absolute Gasteiger partial charge is 0.0622 e. The van der Waals surface area contributed by atoms with Crippen LogP contribution in [-0.4, -0.2) is 0 Å². The molecule has 0 saturated carbocycles. The highest BCUT2D eigenvalue weighted by atomic mass is 14.4. The summed E-state index contributed by atoms with van der Waals surface area (Å²) in [7, 11) is 0. The molecule has 11 rings (SSSR count). The van der Waals surface area contributed by atoms with Crippen LogP contribution in [0.25, 0.3) is 110 Å². The van der Waals surface area contributed by atoms with Crippen LogP contribution >= 0.6 is 0 Å². The highest BCUT2D eigenvalue weighted by Gasteiger charge is 2.34. The summed E-state index contributed by atoms with van der Waals surface area (Å²) >= 11 is 0. The minimum Gasteiger partial charge on any atom is -0.0622 e. The Labute approximate surface area is 404 Å². The van der Waals surface area contributed by atoms with Gasteiger partial charge in [-0.05, 0) is 172 Å². The molecular weight excluding hydrogens is 817 g/mol. The molecule has 0 aromatic heterocycles. The second-order valence-electron chi connectivity index (χ2n) is 23.8. The predicted molar refractivity (Wildman–Crippen MR) is 297 cm³/mol. The Kier molecular flexibility index (Phi) is 9.90. The lowest BCUT2D eigenvalue weighted by molar-refractivity contribution is 0.568. The van der Waals surface area contributed by atoms with Crippen molar-refractivity contribution in [3.8, 4) is 66.8 Å². The van der Waals surface area contributed by atoms with Crippen LogP contribution in [0.4, 0.5) is 0 Å². The topological polar surface area (TPSA) is 0 Å². The Morgan fingerprint density at radius 1 is 0.221 bits per heavy atom. The summed E-state index contributed by atoms with van der Waals surface area (Å²) in [5.74, 6) is 0. The summed E-state index contributed by atoms with van der Waals surface area (Å²) in [5.41, 5.74) is 20.7. The van der Waals surface area contributed by atoms with Crippen molar-refractivity contribution in [3.63, 3.8) is 0 Å². The first kappa shape index (κ1) is 43.8. The summed E-state index contributed by atoms with van der Waals surface area (Å²) in [6, 6.07) is 65.6. The summed E-state index contributed by atoms with van der Waals surface area (Å²) in [4.78, 5) is 0. The fraction of sp³-hybridized carbons (Fsp3) is 0.235. The molecule has 0 atom stereocenters. The molecule has 1 aliphatic carbocycles. The van der Waals surface area contributed by atoms with Gasteiger partial charge >= 0.3 is 0 Å². The fourth-order valence-electron chi connectivity index (χ4n) is 11.0. The van der Waals surface area contributed by atoms with Crippen molar-refractivity contribution in [2.75, 3.05) is 0 Å². The minimum absolute atomic E-state index is 0.0512. The molecule has 10 aromatic rings. The smallest absolute Gasteiger partial charge is 0.000718 e. The van der Waals surface area contributed by atoms with Crippen LogP contribution in [0.2, 0.25) is 0 Å². The van der Waals surface area contributed by atoms with E-state index >= 15 is 0 Å². The second kappa shape index (κ2) is 15.4. The molecule has 0 nitrogen and oxygen atoms in total.